The Labute approximate surface area is 271 Å². The first kappa shape index (κ1) is 31.2. The molecule has 2 aliphatic heterocycles. The lowest BCUT2D eigenvalue weighted by Crippen LogP contribution is -2.41. The standard InChI is InChI=1S/C33H46N8O4S/c1-22-20-39-15-5-4-14-34-19-23-18-33(2,3)40(21-23)30-27(31(42)38-46(43,44)32(22)37-39)10-11-28(35-30)41-16-12-29(36-41)45-17-13-26(24-6-7-24)25-8-9-25/h10-12,16,20,23-26,34H,4-9,13-15,17-19,21H2,1-3H3,(H,38,42). The number of nitrogens with zero attached hydrogens (tertiary/aromatic N) is 6. The Kier molecular flexibility index (Phi) is 8.33. The molecule has 0 spiro atoms. The van der Waals surface area contributed by atoms with E-state index in [2.05, 4.69) is 39.0 Å². The van der Waals surface area contributed by atoms with Crippen molar-refractivity contribution in [3.05, 3.63) is 41.7 Å². The molecule has 2 N–H and O–H groups in total. The molecule has 0 aromatic carbocycles. The van der Waals surface area contributed by atoms with Gasteiger partial charge < -0.3 is 15.0 Å². The molecule has 7 rings (SSSR count). The van der Waals surface area contributed by atoms with Crippen molar-refractivity contribution in [1.82, 2.24) is 34.6 Å². The van der Waals surface area contributed by atoms with Gasteiger partial charge in [-0.2, -0.15) is 13.5 Å². The fraction of sp³-hybridized carbons (Fsp3) is 0.636. The largest absolute Gasteiger partial charge is 0.477 e. The molecule has 5 heterocycles. The van der Waals surface area contributed by atoms with E-state index in [1.165, 1.54) is 25.7 Å². The molecule has 3 fully saturated rings. The molecule has 3 aromatic rings. The summed E-state index contributed by atoms with van der Waals surface area (Å²) < 4.78 is 38.5. The molecule has 4 bridgehead atoms. The second-order valence-electron chi connectivity index (χ2n) is 14.3. The van der Waals surface area contributed by atoms with Crippen LogP contribution in [0.1, 0.15) is 81.1 Å². The van der Waals surface area contributed by atoms with Crippen molar-refractivity contribution < 1.29 is 17.9 Å². The van der Waals surface area contributed by atoms with Gasteiger partial charge in [0.15, 0.2) is 10.8 Å². The van der Waals surface area contributed by atoms with E-state index in [1.54, 1.807) is 34.6 Å². The molecular weight excluding hydrogens is 604 g/mol. The molecule has 1 unspecified atom stereocenters. The number of carbonyl (C=O) groups excluding carboxylic acids is 1. The highest BCUT2D eigenvalue weighted by Gasteiger charge is 2.42. The molecule has 2 aliphatic carbocycles. The van der Waals surface area contributed by atoms with Crippen LogP contribution in [0.3, 0.4) is 0 Å². The predicted molar refractivity (Wildman–Crippen MR) is 174 cm³/mol. The summed E-state index contributed by atoms with van der Waals surface area (Å²) in [6.45, 7) is 9.63. The van der Waals surface area contributed by atoms with Gasteiger partial charge in [-0.1, -0.05) is 0 Å². The number of aromatic nitrogens is 5. The maximum atomic E-state index is 13.8. The summed E-state index contributed by atoms with van der Waals surface area (Å²) in [7, 11) is -4.22. The Morgan fingerprint density at radius 1 is 1.09 bits per heavy atom. The molecule has 2 saturated carbocycles. The van der Waals surface area contributed by atoms with Gasteiger partial charge in [0.2, 0.25) is 5.88 Å². The van der Waals surface area contributed by atoms with E-state index in [0.717, 1.165) is 56.5 Å². The van der Waals surface area contributed by atoms with Gasteiger partial charge in [0, 0.05) is 42.7 Å². The topological polar surface area (TPSA) is 136 Å². The number of amides is 1. The quantitative estimate of drug-likeness (QED) is 0.388. The molecule has 0 radical (unpaired) electrons. The van der Waals surface area contributed by atoms with Gasteiger partial charge in [0.25, 0.3) is 15.9 Å². The number of anilines is 1. The second-order valence-corrected chi connectivity index (χ2v) is 15.9. The van der Waals surface area contributed by atoms with Crippen molar-refractivity contribution in [1.29, 1.82) is 0 Å². The molecule has 1 saturated heterocycles. The van der Waals surface area contributed by atoms with E-state index in [1.807, 2.05) is 12.3 Å². The number of nitrogens with one attached hydrogen (secondary N) is 2. The summed E-state index contributed by atoms with van der Waals surface area (Å²) in [5.41, 5.74) is 0.361. The molecule has 1 atom stereocenters. The number of hydrogen-bond donors (Lipinski definition) is 2. The van der Waals surface area contributed by atoms with Crippen LogP contribution in [0, 0.1) is 30.6 Å². The van der Waals surface area contributed by atoms with Gasteiger partial charge in [-0.15, -0.1) is 5.10 Å². The Balaban J connectivity index is 1.17. The Hall–Kier alpha value is -3.45. The van der Waals surface area contributed by atoms with Gasteiger partial charge in [-0.05, 0) is 121 Å². The average Bonchev–Trinajstić information content (AvgIpc) is 3.92. The number of ether oxygens (including phenoxy) is 1. The van der Waals surface area contributed by atoms with E-state index < -0.39 is 15.9 Å². The molecule has 13 heteroatoms. The summed E-state index contributed by atoms with van der Waals surface area (Å²) in [6, 6.07) is 5.18. The van der Waals surface area contributed by atoms with E-state index in [9.17, 15) is 13.2 Å². The lowest BCUT2D eigenvalue weighted by atomic mass is 9.95. The van der Waals surface area contributed by atoms with Gasteiger partial charge in [0.1, 0.15) is 5.82 Å². The first-order chi connectivity index (χ1) is 22.1. The number of rotatable bonds is 7. The van der Waals surface area contributed by atoms with Gasteiger partial charge in [0.05, 0.1) is 12.2 Å². The molecule has 3 aromatic heterocycles. The highest BCUT2D eigenvalue weighted by atomic mass is 32.2. The summed E-state index contributed by atoms with van der Waals surface area (Å²) in [4.78, 5) is 20.9. The van der Waals surface area contributed by atoms with Gasteiger partial charge in [-0.25, -0.2) is 14.4 Å². The maximum Gasteiger partial charge on any atom is 0.283 e. The van der Waals surface area contributed by atoms with Crippen LogP contribution in [-0.4, -0.2) is 70.7 Å². The van der Waals surface area contributed by atoms with Crippen LogP contribution in [0.5, 0.6) is 5.88 Å². The summed E-state index contributed by atoms with van der Waals surface area (Å²) in [5.74, 6) is 3.64. The third-order valence-corrected chi connectivity index (χ3v) is 11.4. The number of pyridine rings is 1. The van der Waals surface area contributed by atoms with Crippen molar-refractivity contribution in [2.45, 2.75) is 89.2 Å². The zero-order chi connectivity index (χ0) is 32.1. The molecule has 1 amide bonds. The van der Waals surface area contributed by atoms with E-state index in [0.29, 0.717) is 48.7 Å². The van der Waals surface area contributed by atoms with Crippen molar-refractivity contribution in [3.8, 4) is 11.7 Å². The fourth-order valence-corrected chi connectivity index (χ4v) is 8.64. The molecule has 4 aliphatic rings. The van der Waals surface area contributed by atoms with Crippen LogP contribution < -0.4 is 19.7 Å². The predicted octanol–water partition coefficient (Wildman–Crippen LogP) is 4.08. The van der Waals surface area contributed by atoms with Crippen molar-refractivity contribution in [3.63, 3.8) is 0 Å². The lowest BCUT2D eigenvalue weighted by molar-refractivity contribution is 0.0981. The zero-order valence-corrected chi connectivity index (χ0v) is 27.9. The van der Waals surface area contributed by atoms with Crippen molar-refractivity contribution in [2.75, 3.05) is 31.1 Å². The molecule has 248 valence electrons. The number of fused-ring (bicyclic) bond motifs is 6. The highest BCUT2D eigenvalue weighted by Crippen LogP contribution is 2.50. The van der Waals surface area contributed by atoms with Crippen LogP contribution in [0.15, 0.2) is 35.6 Å². The van der Waals surface area contributed by atoms with E-state index >= 15 is 0 Å². The molecular formula is C33H46N8O4S. The average molecular weight is 651 g/mol. The number of sulfonamides is 1. The van der Waals surface area contributed by atoms with Crippen LogP contribution in [-0.2, 0) is 16.6 Å². The third-order valence-electron chi connectivity index (χ3n) is 10.1. The van der Waals surface area contributed by atoms with Gasteiger partial charge >= 0.3 is 0 Å². The monoisotopic (exact) mass is 650 g/mol. The first-order valence-electron chi connectivity index (χ1n) is 16.9. The Morgan fingerprint density at radius 2 is 1.87 bits per heavy atom. The fourth-order valence-electron chi connectivity index (χ4n) is 7.50. The summed E-state index contributed by atoms with van der Waals surface area (Å²) in [6.07, 6.45) is 12.7. The van der Waals surface area contributed by atoms with Crippen molar-refractivity contribution >= 4 is 21.7 Å². The normalized spacial score (nSPS) is 23.2. The third kappa shape index (κ3) is 6.67. The van der Waals surface area contributed by atoms with E-state index in [-0.39, 0.29) is 16.1 Å². The van der Waals surface area contributed by atoms with Crippen LogP contribution in [0.4, 0.5) is 5.82 Å². The van der Waals surface area contributed by atoms with Crippen LogP contribution in [0.2, 0.25) is 0 Å². The highest BCUT2D eigenvalue weighted by molar-refractivity contribution is 7.90. The molecule has 12 nitrogen and oxygen atoms in total. The Morgan fingerprint density at radius 3 is 2.63 bits per heavy atom. The van der Waals surface area contributed by atoms with Crippen molar-refractivity contribution in [2.24, 2.45) is 23.7 Å². The summed E-state index contributed by atoms with van der Waals surface area (Å²) in [5, 5.41) is 12.4. The Bertz CT molecular complexity index is 1680. The maximum absolute atomic E-state index is 13.8. The summed E-state index contributed by atoms with van der Waals surface area (Å²) >= 11 is 0. The molecule has 46 heavy (non-hydrogen) atoms. The zero-order valence-electron chi connectivity index (χ0n) is 27.1. The number of hydrogen-bond acceptors (Lipinski definition) is 9. The van der Waals surface area contributed by atoms with E-state index in [4.69, 9.17) is 9.72 Å². The van der Waals surface area contributed by atoms with Crippen LogP contribution >= 0.6 is 0 Å². The smallest absolute Gasteiger partial charge is 0.283 e. The second kappa shape index (κ2) is 12.3. The van der Waals surface area contributed by atoms with Crippen LogP contribution in [0.25, 0.3) is 5.82 Å². The minimum atomic E-state index is -4.22. The first-order valence-corrected chi connectivity index (χ1v) is 18.4. The lowest BCUT2D eigenvalue weighted by Gasteiger charge is -2.33. The van der Waals surface area contributed by atoms with Gasteiger partial charge in [-0.3, -0.25) is 9.48 Å². The number of aryl methyl sites for hydroxylation is 2. The SMILES string of the molecule is Cc1cn2nc1S(=O)(=O)NC(=O)c1ccc(-n3ccc(OCCC(C4CC4)C4CC4)n3)nc1N1CC(CNCCCC2)CC1(C)C. The minimum Gasteiger partial charge on any atom is -0.477 e. The number of carbonyl (C=O) groups is 1. The minimum absolute atomic E-state index is 0.138.